The zero-order valence-corrected chi connectivity index (χ0v) is 17.1. The molecule has 8 nitrogen and oxygen atoms in total. The van der Waals surface area contributed by atoms with Crippen LogP contribution >= 0.6 is 0 Å². The summed E-state index contributed by atoms with van der Waals surface area (Å²) in [5.74, 6) is -1.09. The fraction of sp³-hybridized carbons (Fsp3) is 0.143. The van der Waals surface area contributed by atoms with Gasteiger partial charge in [0.15, 0.2) is 5.76 Å². The normalized spacial score (nSPS) is 11.1. The number of anilines is 2. The maximum absolute atomic E-state index is 12.9. The molecule has 2 aromatic carbocycles. The lowest BCUT2D eigenvalue weighted by molar-refractivity contribution is -0.116. The zero-order chi connectivity index (χ0) is 22.3. The number of halogens is 1. The van der Waals surface area contributed by atoms with Crippen LogP contribution in [0.25, 0.3) is 0 Å². The summed E-state index contributed by atoms with van der Waals surface area (Å²) in [4.78, 5) is 24.1. The summed E-state index contributed by atoms with van der Waals surface area (Å²) >= 11 is 0. The number of nitrogens with one attached hydrogen (secondary N) is 3. The van der Waals surface area contributed by atoms with Gasteiger partial charge in [-0.1, -0.05) is 6.07 Å². The fourth-order valence-electron chi connectivity index (χ4n) is 2.65. The molecule has 0 atom stereocenters. The molecular formula is C21H20FN3O5S. The van der Waals surface area contributed by atoms with Crippen LogP contribution in [-0.4, -0.2) is 26.8 Å². The molecule has 1 heterocycles. The molecule has 1 aromatic heterocycles. The van der Waals surface area contributed by atoms with E-state index >= 15 is 0 Å². The van der Waals surface area contributed by atoms with Crippen molar-refractivity contribution in [2.45, 2.75) is 17.7 Å². The molecular weight excluding hydrogens is 425 g/mol. The molecule has 162 valence electrons. The van der Waals surface area contributed by atoms with Crippen molar-refractivity contribution in [1.82, 2.24) is 4.72 Å². The highest BCUT2D eigenvalue weighted by molar-refractivity contribution is 7.89. The van der Waals surface area contributed by atoms with Crippen molar-refractivity contribution >= 4 is 33.2 Å². The molecule has 31 heavy (non-hydrogen) atoms. The first-order valence-corrected chi connectivity index (χ1v) is 10.8. The number of rotatable bonds is 9. The molecule has 0 fully saturated rings. The van der Waals surface area contributed by atoms with Crippen molar-refractivity contribution in [1.29, 1.82) is 0 Å². The standard InChI is InChI=1S/C21H20FN3O5S/c22-15-8-10-18(11-9-15)31(28,29)23-12-2-7-20(26)24-16-4-1-5-17(14-16)25-21(27)19-6-3-13-30-19/h1,3-6,8-11,13-14,23H,2,7,12H2,(H,24,26)(H,25,27). The number of benzene rings is 2. The average molecular weight is 445 g/mol. The van der Waals surface area contributed by atoms with Gasteiger partial charge in [0.05, 0.1) is 11.2 Å². The number of carbonyl (C=O) groups excluding carboxylic acids is 2. The summed E-state index contributed by atoms with van der Waals surface area (Å²) in [6, 6.07) is 14.2. The van der Waals surface area contributed by atoms with Gasteiger partial charge in [0.25, 0.3) is 5.91 Å². The van der Waals surface area contributed by atoms with Crippen LogP contribution in [0.2, 0.25) is 0 Å². The van der Waals surface area contributed by atoms with E-state index in [0.29, 0.717) is 11.4 Å². The third-order valence-corrected chi connectivity index (χ3v) is 5.62. The zero-order valence-electron chi connectivity index (χ0n) is 16.3. The minimum Gasteiger partial charge on any atom is -0.459 e. The second-order valence-electron chi connectivity index (χ2n) is 6.52. The van der Waals surface area contributed by atoms with Gasteiger partial charge >= 0.3 is 0 Å². The second kappa shape index (κ2) is 10.0. The highest BCUT2D eigenvalue weighted by Gasteiger charge is 2.14. The number of sulfonamides is 1. The Morgan fingerprint density at radius 2 is 1.65 bits per heavy atom. The Hall–Kier alpha value is -3.50. The molecule has 0 unspecified atom stereocenters. The van der Waals surface area contributed by atoms with Gasteiger partial charge in [0.2, 0.25) is 15.9 Å². The third kappa shape index (κ3) is 6.49. The van der Waals surface area contributed by atoms with Crippen molar-refractivity contribution < 1.29 is 26.8 Å². The van der Waals surface area contributed by atoms with Crippen LogP contribution in [-0.2, 0) is 14.8 Å². The number of hydrogen-bond acceptors (Lipinski definition) is 5. The molecule has 0 aliphatic carbocycles. The maximum atomic E-state index is 12.9. The Morgan fingerprint density at radius 3 is 2.32 bits per heavy atom. The van der Waals surface area contributed by atoms with Crippen molar-refractivity contribution in [3.05, 3.63) is 78.5 Å². The number of carbonyl (C=O) groups is 2. The van der Waals surface area contributed by atoms with Crippen molar-refractivity contribution in [2.24, 2.45) is 0 Å². The molecule has 0 aliphatic heterocycles. The summed E-state index contributed by atoms with van der Waals surface area (Å²) < 4.78 is 44.5. The van der Waals surface area contributed by atoms with Crippen molar-refractivity contribution in [2.75, 3.05) is 17.2 Å². The molecule has 0 aliphatic rings. The fourth-order valence-corrected chi connectivity index (χ4v) is 3.73. The van der Waals surface area contributed by atoms with Crippen LogP contribution in [0.15, 0.2) is 76.2 Å². The number of amides is 2. The smallest absolute Gasteiger partial charge is 0.291 e. The molecule has 0 saturated heterocycles. The van der Waals surface area contributed by atoms with E-state index in [4.69, 9.17) is 4.42 Å². The Morgan fingerprint density at radius 1 is 0.935 bits per heavy atom. The van der Waals surface area contributed by atoms with Crippen LogP contribution in [0.3, 0.4) is 0 Å². The molecule has 3 rings (SSSR count). The largest absolute Gasteiger partial charge is 0.459 e. The summed E-state index contributed by atoms with van der Waals surface area (Å²) in [6.07, 6.45) is 1.74. The van der Waals surface area contributed by atoms with Crippen molar-refractivity contribution in [3.63, 3.8) is 0 Å². The van der Waals surface area contributed by atoms with Gasteiger partial charge in [0.1, 0.15) is 5.82 Å². The van der Waals surface area contributed by atoms with Gasteiger partial charge in [-0.05, 0) is 61.0 Å². The molecule has 0 radical (unpaired) electrons. The van der Waals surface area contributed by atoms with Crippen LogP contribution < -0.4 is 15.4 Å². The predicted molar refractivity (Wildman–Crippen MR) is 113 cm³/mol. The average Bonchev–Trinajstić information content (AvgIpc) is 3.27. The minimum atomic E-state index is -3.77. The monoisotopic (exact) mass is 445 g/mol. The Labute approximate surface area is 178 Å². The number of hydrogen-bond donors (Lipinski definition) is 3. The van der Waals surface area contributed by atoms with Gasteiger partial charge in [0, 0.05) is 24.3 Å². The third-order valence-electron chi connectivity index (χ3n) is 4.15. The summed E-state index contributed by atoms with van der Waals surface area (Å²) in [7, 11) is -3.77. The van der Waals surface area contributed by atoms with E-state index in [0.717, 1.165) is 12.1 Å². The van der Waals surface area contributed by atoms with E-state index in [9.17, 15) is 22.4 Å². The first kappa shape index (κ1) is 22.2. The summed E-state index contributed by atoms with van der Waals surface area (Å²) in [6.45, 7) is 0.0480. The predicted octanol–water partition coefficient (Wildman–Crippen LogP) is 3.37. The van der Waals surface area contributed by atoms with Gasteiger partial charge < -0.3 is 15.1 Å². The van der Waals surface area contributed by atoms with Gasteiger partial charge in [-0.25, -0.2) is 17.5 Å². The Balaban J connectivity index is 1.45. The molecule has 0 spiro atoms. The quantitative estimate of drug-likeness (QED) is 0.437. The van der Waals surface area contributed by atoms with Crippen LogP contribution in [0, 0.1) is 5.82 Å². The van der Waals surface area contributed by atoms with E-state index in [1.54, 1.807) is 30.3 Å². The van der Waals surface area contributed by atoms with Gasteiger partial charge in [-0.3, -0.25) is 9.59 Å². The second-order valence-corrected chi connectivity index (χ2v) is 8.28. The first-order valence-electron chi connectivity index (χ1n) is 9.33. The molecule has 3 aromatic rings. The lowest BCUT2D eigenvalue weighted by atomic mass is 10.2. The molecule has 0 bridgehead atoms. The van der Waals surface area contributed by atoms with E-state index in [2.05, 4.69) is 15.4 Å². The Bertz CT molecular complexity index is 1150. The van der Waals surface area contributed by atoms with Gasteiger partial charge in [-0.15, -0.1) is 0 Å². The van der Waals surface area contributed by atoms with E-state index in [1.807, 2.05) is 0 Å². The topological polar surface area (TPSA) is 118 Å². The van der Waals surface area contributed by atoms with E-state index in [-0.39, 0.29) is 35.9 Å². The maximum Gasteiger partial charge on any atom is 0.291 e. The number of furan rings is 1. The highest BCUT2D eigenvalue weighted by atomic mass is 32.2. The molecule has 0 saturated carbocycles. The SMILES string of the molecule is O=C(CCCNS(=O)(=O)c1ccc(F)cc1)Nc1cccc(NC(=O)c2ccco2)c1. The van der Waals surface area contributed by atoms with E-state index in [1.165, 1.54) is 24.5 Å². The first-order chi connectivity index (χ1) is 14.8. The highest BCUT2D eigenvalue weighted by Crippen LogP contribution is 2.17. The lowest BCUT2D eigenvalue weighted by Gasteiger charge is -2.09. The summed E-state index contributed by atoms with van der Waals surface area (Å²) in [5, 5.41) is 5.36. The molecule has 10 heteroatoms. The van der Waals surface area contributed by atoms with Gasteiger partial charge in [-0.2, -0.15) is 0 Å². The Kier molecular flexibility index (Phi) is 7.16. The van der Waals surface area contributed by atoms with E-state index < -0.39 is 21.7 Å². The summed E-state index contributed by atoms with van der Waals surface area (Å²) in [5.41, 5.74) is 0.959. The van der Waals surface area contributed by atoms with Crippen LogP contribution in [0.4, 0.5) is 15.8 Å². The van der Waals surface area contributed by atoms with Crippen LogP contribution in [0.1, 0.15) is 23.4 Å². The van der Waals surface area contributed by atoms with Crippen LogP contribution in [0.5, 0.6) is 0 Å². The molecule has 3 N–H and O–H groups in total. The van der Waals surface area contributed by atoms with Crippen molar-refractivity contribution in [3.8, 4) is 0 Å². The lowest BCUT2D eigenvalue weighted by Crippen LogP contribution is -2.25. The molecule has 2 amide bonds. The minimum absolute atomic E-state index is 0.0480.